The van der Waals surface area contributed by atoms with Crippen molar-refractivity contribution < 1.29 is 17.7 Å². The molecule has 4 nitrogen and oxygen atoms in total. The van der Waals surface area contributed by atoms with Crippen molar-refractivity contribution in [1.29, 1.82) is 0 Å². The first-order valence-corrected chi connectivity index (χ1v) is 5.10. The largest absolute Gasteiger partial charge is 0.492 e. The van der Waals surface area contributed by atoms with E-state index in [1.165, 1.54) is 18.2 Å². The molecule has 13 heavy (non-hydrogen) atoms. The summed E-state index contributed by atoms with van der Waals surface area (Å²) >= 11 is 0. The first-order chi connectivity index (χ1) is 6.05. The molecule has 71 valence electrons. The fourth-order valence-electron chi connectivity index (χ4n) is 0.877. The van der Waals surface area contributed by atoms with E-state index in [4.69, 9.17) is 9.29 Å². The molecule has 0 aliphatic rings. The molecule has 0 aliphatic carbocycles. The zero-order chi connectivity index (χ0) is 9.90. The van der Waals surface area contributed by atoms with Crippen molar-refractivity contribution >= 4 is 10.1 Å². The third-order valence-electron chi connectivity index (χ3n) is 1.37. The minimum atomic E-state index is -4.21. The van der Waals surface area contributed by atoms with E-state index in [0.29, 0.717) is 6.61 Å². The Morgan fingerprint density at radius 1 is 1.62 bits per heavy atom. The highest BCUT2D eigenvalue weighted by molar-refractivity contribution is 7.86. The van der Waals surface area contributed by atoms with Gasteiger partial charge in [-0.2, -0.15) is 8.42 Å². The van der Waals surface area contributed by atoms with Gasteiger partial charge in [-0.3, -0.25) is 4.55 Å². The second-order valence-electron chi connectivity index (χ2n) is 2.28. The molecule has 0 amide bonds. The van der Waals surface area contributed by atoms with Gasteiger partial charge in [-0.1, -0.05) is 6.07 Å². The van der Waals surface area contributed by atoms with Crippen LogP contribution in [0, 0.1) is 6.07 Å². The molecule has 1 aromatic carbocycles. The topological polar surface area (TPSA) is 63.6 Å². The monoisotopic (exact) mass is 201 g/mol. The molecule has 1 N–H and O–H groups in total. The summed E-state index contributed by atoms with van der Waals surface area (Å²) in [4.78, 5) is -0.253. The molecule has 0 bridgehead atoms. The Morgan fingerprint density at radius 2 is 2.31 bits per heavy atom. The van der Waals surface area contributed by atoms with E-state index in [-0.39, 0.29) is 10.6 Å². The minimum absolute atomic E-state index is 0.142. The minimum Gasteiger partial charge on any atom is -0.492 e. The zero-order valence-electron chi connectivity index (χ0n) is 7.02. The van der Waals surface area contributed by atoms with Gasteiger partial charge < -0.3 is 4.74 Å². The average Bonchev–Trinajstić information content (AvgIpc) is 2.04. The van der Waals surface area contributed by atoms with Gasteiger partial charge in [-0.25, -0.2) is 0 Å². The molecule has 0 saturated carbocycles. The molecule has 0 aromatic heterocycles. The van der Waals surface area contributed by atoms with Gasteiger partial charge in [-0.05, 0) is 25.1 Å². The van der Waals surface area contributed by atoms with E-state index in [1.54, 1.807) is 6.92 Å². The summed E-state index contributed by atoms with van der Waals surface area (Å²) in [5.41, 5.74) is 0. The van der Waals surface area contributed by atoms with E-state index in [2.05, 4.69) is 6.07 Å². The second-order valence-corrected chi connectivity index (χ2v) is 3.67. The second kappa shape index (κ2) is 3.76. The lowest BCUT2D eigenvalue weighted by Crippen LogP contribution is -2.02. The molecular weight excluding hydrogens is 192 g/mol. The van der Waals surface area contributed by atoms with Gasteiger partial charge in [0.1, 0.15) is 10.6 Å². The lowest BCUT2D eigenvalue weighted by Gasteiger charge is -2.06. The summed E-state index contributed by atoms with van der Waals surface area (Å²) in [6, 6.07) is 6.66. The number of hydrogen-bond donors (Lipinski definition) is 1. The highest BCUT2D eigenvalue weighted by atomic mass is 32.2. The molecule has 1 radical (unpaired) electrons. The molecular formula is C8H9O4S. The zero-order valence-corrected chi connectivity index (χ0v) is 7.84. The highest BCUT2D eigenvalue weighted by Gasteiger charge is 2.15. The van der Waals surface area contributed by atoms with E-state index < -0.39 is 10.1 Å². The Morgan fingerprint density at radius 3 is 2.85 bits per heavy atom. The Balaban J connectivity index is 3.20. The van der Waals surface area contributed by atoms with Crippen LogP contribution in [0.2, 0.25) is 0 Å². The molecule has 0 heterocycles. The number of benzene rings is 1. The van der Waals surface area contributed by atoms with Crippen molar-refractivity contribution in [1.82, 2.24) is 0 Å². The standard InChI is InChI=1S/C8H9O4S/c1-2-12-7-5-3-4-6-8(7)13(9,10)11/h3,5-6H,2H2,1H3,(H,9,10,11). The Bertz CT molecular complexity index is 383. The van der Waals surface area contributed by atoms with Crippen LogP contribution < -0.4 is 4.74 Å². The Hall–Kier alpha value is -1.07. The van der Waals surface area contributed by atoms with Gasteiger partial charge in [0, 0.05) is 0 Å². The van der Waals surface area contributed by atoms with Crippen LogP contribution in [-0.4, -0.2) is 19.6 Å². The summed E-state index contributed by atoms with van der Waals surface area (Å²) in [5.74, 6) is 0.142. The van der Waals surface area contributed by atoms with Crippen LogP contribution in [0.15, 0.2) is 23.1 Å². The molecule has 0 fully saturated rings. The van der Waals surface area contributed by atoms with Crippen molar-refractivity contribution in [2.45, 2.75) is 11.8 Å². The third kappa shape index (κ3) is 2.43. The van der Waals surface area contributed by atoms with Crippen LogP contribution in [0.1, 0.15) is 6.92 Å². The summed E-state index contributed by atoms with van der Waals surface area (Å²) in [6.45, 7) is 2.07. The molecule has 0 atom stereocenters. The van der Waals surface area contributed by atoms with Gasteiger partial charge in [0.05, 0.1) is 6.61 Å². The Labute approximate surface area is 76.9 Å². The van der Waals surface area contributed by atoms with Crippen LogP contribution in [0.25, 0.3) is 0 Å². The van der Waals surface area contributed by atoms with E-state index in [0.717, 1.165) is 0 Å². The number of hydrogen-bond acceptors (Lipinski definition) is 3. The quantitative estimate of drug-likeness (QED) is 0.744. The lowest BCUT2D eigenvalue weighted by atomic mass is 10.3. The first kappa shape index (κ1) is 10.0. The highest BCUT2D eigenvalue weighted by Crippen LogP contribution is 2.22. The summed E-state index contributed by atoms with van der Waals surface area (Å²) in [5, 5.41) is 0. The lowest BCUT2D eigenvalue weighted by molar-refractivity contribution is 0.329. The third-order valence-corrected chi connectivity index (χ3v) is 2.24. The predicted octanol–water partition coefficient (Wildman–Crippen LogP) is 1.13. The van der Waals surface area contributed by atoms with Crippen molar-refractivity contribution in [2.24, 2.45) is 0 Å². The molecule has 0 spiro atoms. The predicted molar refractivity (Wildman–Crippen MR) is 46.3 cm³/mol. The van der Waals surface area contributed by atoms with Gasteiger partial charge in [-0.15, -0.1) is 0 Å². The number of rotatable bonds is 3. The van der Waals surface area contributed by atoms with Gasteiger partial charge >= 0.3 is 0 Å². The van der Waals surface area contributed by atoms with Crippen molar-refractivity contribution in [3.05, 3.63) is 24.3 Å². The van der Waals surface area contributed by atoms with Gasteiger partial charge in [0.2, 0.25) is 0 Å². The van der Waals surface area contributed by atoms with Gasteiger partial charge in [0.15, 0.2) is 0 Å². The van der Waals surface area contributed by atoms with Crippen LogP contribution >= 0.6 is 0 Å². The average molecular weight is 201 g/mol. The maximum Gasteiger partial charge on any atom is 0.298 e. The summed E-state index contributed by atoms with van der Waals surface area (Å²) < 4.78 is 35.3. The SMILES string of the molecule is CCOc1cc[c]cc1S(=O)(=O)O. The van der Waals surface area contributed by atoms with Crippen LogP contribution in [0.3, 0.4) is 0 Å². The fourth-order valence-corrected chi connectivity index (χ4v) is 1.48. The Kier molecular flexibility index (Phi) is 2.90. The van der Waals surface area contributed by atoms with Crippen molar-refractivity contribution in [2.75, 3.05) is 6.61 Å². The molecule has 0 saturated heterocycles. The molecule has 0 aliphatic heterocycles. The summed E-state index contributed by atoms with van der Waals surface area (Å²) in [7, 11) is -4.21. The normalized spacial score (nSPS) is 11.2. The van der Waals surface area contributed by atoms with E-state index >= 15 is 0 Å². The van der Waals surface area contributed by atoms with Crippen molar-refractivity contribution in [3.63, 3.8) is 0 Å². The van der Waals surface area contributed by atoms with Crippen LogP contribution in [0.4, 0.5) is 0 Å². The van der Waals surface area contributed by atoms with E-state index in [1.807, 2.05) is 0 Å². The maximum absolute atomic E-state index is 10.8. The number of ether oxygens (including phenoxy) is 1. The van der Waals surface area contributed by atoms with Crippen molar-refractivity contribution in [3.8, 4) is 5.75 Å². The molecule has 1 aromatic rings. The maximum atomic E-state index is 10.8. The van der Waals surface area contributed by atoms with Crippen LogP contribution in [-0.2, 0) is 10.1 Å². The molecule has 5 heteroatoms. The van der Waals surface area contributed by atoms with Gasteiger partial charge in [0.25, 0.3) is 10.1 Å². The first-order valence-electron chi connectivity index (χ1n) is 3.66. The van der Waals surface area contributed by atoms with E-state index in [9.17, 15) is 8.42 Å². The smallest absolute Gasteiger partial charge is 0.298 e. The fraction of sp³-hybridized carbons (Fsp3) is 0.250. The molecule has 1 rings (SSSR count). The molecule has 0 unspecified atom stereocenters. The summed E-state index contributed by atoms with van der Waals surface area (Å²) in [6.07, 6.45) is 0. The van der Waals surface area contributed by atoms with Crippen LogP contribution in [0.5, 0.6) is 5.75 Å².